The van der Waals surface area contributed by atoms with Crippen molar-refractivity contribution >= 4 is 39.7 Å². The molecule has 0 aliphatic carbocycles. The SMILES string of the molecule is Cc1[nH]c2ccccc2c1/C=N/N1C(=O)c2cccc3cccc(c23)C1=O. The van der Waals surface area contributed by atoms with Crippen LogP contribution in [0.5, 0.6) is 0 Å². The Hall–Kier alpha value is -3.73. The van der Waals surface area contributed by atoms with Crippen molar-refractivity contribution in [3.05, 3.63) is 83.0 Å². The van der Waals surface area contributed by atoms with Gasteiger partial charge in [0.15, 0.2) is 0 Å². The van der Waals surface area contributed by atoms with Crippen LogP contribution >= 0.6 is 0 Å². The van der Waals surface area contributed by atoms with Crippen LogP contribution in [0.4, 0.5) is 0 Å². The van der Waals surface area contributed by atoms with Gasteiger partial charge in [-0.25, -0.2) is 0 Å². The van der Waals surface area contributed by atoms with E-state index in [0.717, 1.165) is 32.6 Å². The Morgan fingerprint density at radius 3 is 2.26 bits per heavy atom. The van der Waals surface area contributed by atoms with Crippen molar-refractivity contribution in [1.82, 2.24) is 9.99 Å². The van der Waals surface area contributed by atoms with Crippen molar-refractivity contribution in [1.29, 1.82) is 0 Å². The van der Waals surface area contributed by atoms with Gasteiger partial charge in [0.1, 0.15) is 0 Å². The van der Waals surface area contributed by atoms with E-state index >= 15 is 0 Å². The molecule has 0 saturated carbocycles. The van der Waals surface area contributed by atoms with E-state index in [9.17, 15) is 9.59 Å². The van der Waals surface area contributed by atoms with Gasteiger partial charge in [-0.2, -0.15) is 10.1 Å². The Balaban J connectivity index is 1.62. The lowest BCUT2D eigenvalue weighted by Crippen LogP contribution is -2.36. The first-order valence-corrected chi connectivity index (χ1v) is 8.67. The van der Waals surface area contributed by atoms with Crippen LogP contribution in [0.3, 0.4) is 0 Å². The lowest BCUT2D eigenvalue weighted by atomic mass is 9.95. The smallest absolute Gasteiger partial charge is 0.282 e. The van der Waals surface area contributed by atoms with Crippen LogP contribution < -0.4 is 0 Å². The lowest BCUT2D eigenvalue weighted by Gasteiger charge is -2.23. The maximum absolute atomic E-state index is 12.9. The number of aromatic nitrogens is 1. The number of nitrogens with zero attached hydrogens (tertiary/aromatic N) is 2. The summed E-state index contributed by atoms with van der Waals surface area (Å²) in [7, 11) is 0. The van der Waals surface area contributed by atoms with Crippen molar-refractivity contribution in [2.24, 2.45) is 5.10 Å². The molecule has 2 amide bonds. The largest absolute Gasteiger partial charge is 0.358 e. The molecule has 4 aromatic rings. The van der Waals surface area contributed by atoms with Crippen LogP contribution in [0.1, 0.15) is 32.0 Å². The number of benzene rings is 3. The Morgan fingerprint density at radius 1 is 0.889 bits per heavy atom. The lowest BCUT2D eigenvalue weighted by molar-refractivity contribution is 0.0616. The molecule has 0 fully saturated rings. The summed E-state index contributed by atoms with van der Waals surface area (Å²) < 4.78 is 0. The Morgan fingerprint density at radius 2 is 1.56 bits per heavy atom. The minimum absolute atomic E-state index is 0.405. The van der Waals surface area contributed by atoms with E-state index in [-0.39, 0.29) is 0 Å². The standard InChI is InChI=1S/C22H15N3O2/c1-13-18(15-8-2-3-11-19(15)24-13)12-23-25-21(26)16-9-4-6-14-7-5-10-17(20(14)16)22(25)27/h2-12,24H,1H3/b23-12+. The van der Waals surface area contributed by atoms with Crippen LogP contribution in [0.15, 0.2) is 65.8 Å². The summed E-state index contributed by atoms with van der Waals surface area (Å²) in [4.78, 5) is 29.1. The molecular weight excluding hydrogens is 338 g/mol. The van der Waals surface area contributed by atoms with Crippen molar-refractivity contribution in [2.75, 3.05) is 0 Å². The maximum atomic E-state index is 12.9. The number of para-hydroxylation sites is 1. The number of carbonyl (C=O) groups excluding carboxylic acids is 2. The van der Waals surface area contributed by atoms with E-state index < -0.39 is 11.8 Å². The molecule has 0 unspecified atom stereocenters. The molecule has 0 bridgehead atoms. The number of hydrogen-bond acceptors (Lipinski definition) is 3. The maximum Gasteiger partial charge on any atom is 0.282 e. The third kappa shape index (κ3) is 2.22. The fraction of sp³-hybridized carbons (Fsp3) is 0.0455. The van der Waals surface area contributed by atoms with E-state index in [0.29, 0.717) is 16.5 Å². The molecule has 5 rings (SSSR count). The first kappa shape index (κ1) is 15.5. The second-order valence-corrected chi connectivity index (χ2v) is 6.59. The number of nitrogens with one attached hydrogen (secondary N) is 1. The Kier molecular flexibility index (Phi) is 3.24. The average molecular weight is 353 g/mol. The fourth-order valence-corrected chi connectivity index (χ4v) is 3.70. The highest BCUT2D eigenvalue weighted by Gasteiger charge is 2.32. The molecule has 3 aromatic carbocycles. The summed E-state index contributed by atoms with van der Waals surface area (Å²) in [6.45, 7) is 1.94. The van der Waals surface area contributed by atoms with Gasteiger partial charge >= 0.3 is 0 Å². The first-order valence-electron chi connectivity index (χ1n) is 8.67. The normalized spacial score (nSPS) is 14.0. The predicted octanol–water partition coefficient (Wildman–Crippen LogP) is 4.26. The number of fused-ring (bicyclic) bond motifs is 1. The molecule has 27 heavy (non-hydrogen) atoms. The molecule has 1 aliphatic rings. The van der Waals surface area contributed by atoms with Gasteiger partial charge in [-0.3, -0.25) is 9.59 Å². The van der Waals surface area contributed by atoms with Gasteiger partial charge < -0.3 is 4.98 Å². The number of aryl methyl sites for hydroxylation is 1. The van der Waals surface area contributed by atoms with Crippen LogP contribution in [-0.2, 0) is 0 Å². The van der Waals surface area contributed by atoms with Crippen molar-refractivity contribution in [3.8, 4) is 0 Å². The van der Waals surface area contributed by atoms with Crippen molar-refractivity contribution in [2.45, 2.75) is 6.92 Å². The zero-order chi connectivity index (χ0) is 18.5. The van der Waals surface area contributed by atoms with E-state index in [1.165, 1.54) is 0 Å². The molecule has 0 radical (unpaired) electrons. The number of H-pyrrole nitrogens is 1. The van der Waals surface area contributed by atoms with Crippen LogP contribution in [0.2, 0.25) is 0 Å². The number of imide groups is 1. The van der Waals surface area contributed by atoms with Gasteiger partial charge in [0.2, 0.25) is 0 Å². The molecule has 130 valence electrons. The van der Waals surface area contributed by atoms with E-state index in [4.69, 9.17) is 0 Å². The van der Waals surface area contributed by atoms with Crippen molar-refractivity contribution < 1.29 is 9.59 Å². The average Bonchev–Trinajstić information content (AvgIpc) is 3.01. The monoisotopic (exact) mass is 353 g/mol. The second-order valence-electron chi connectivity index (χ2n) is 6.59. The van der Waals surface area contributed by atoms with Crippen LogP contribution in [0, 0.1) is 6.92 Å². The summed E-state index contributed by atoms with van der Waals surface area (Å²) in [6.07, 6.45) is 1.58. The van der Waals surface area contributed by atoms with Gasteiger partial charge in [-0.1, -0.05) is 42.5 Å². The highest BCUT2D eigenvalue weighted by molar-refractivity contribution is 6.25. The van der Waals surface area contributed by atoms with E-state index in [1.807, 2.05) is 55.5 Å². The van der Waals surface area contributed by atoms with Crippen LogP contribution in [0.25, 0.3) is 21.7 Å². The van der Waals surface area contributed by atoms with E-state index in [2.05, 4.69) is 10.1 Å². The van der Waals surface area contributed by atoms with Gasteiger partial charge in [0, 0.05) is 27.5 Å². The van der Waals surface area contributed by atoms with Crippen LogP contribution in [-0.4, -0.2) is 28.0 Å². The predicted molar refractivity (Wildman–Crippen MR) is 105 cm³/mol. The van der Waals surface area contributed by atoms with Gasteiger partial charge in [-0.05, 0) is 30.5 Å². The van der Waals surface area contributed by atoms with Gasteiger partial charge in [0.05, 0.1) is 17.3 Å². The zero-order valence-electron chi connectivity index (χ0n) is 14.6. The number of amides is 2. The second kappa shape index (κ2) is 5.64. The molecule has 0 spiro atoms. The van der Waals surface area contributed by atoms with Gasteiger partial charge in [-0.15, -0.1) is 0 Å². The quantitative estimate of drug-likeness (QED) is 0.432. The molecule has 1 N–H and O–H groups in total. The molecular formula is C22H15N3O2. The van der Waals surface area contributed by atoms with E-state index in [1.54, 1.807) is 18.3 Å². The van der Waals surface area contributed by atoms with Gasteiger partial charge in [0.25, 0.3) is 11.8 Å². The number of carbonyl (C=O) groups is 2. The first-order chi connectivity index (χ1) is 13.1. The number of aromatic amines is 1. The fourth-order valence-electron chi connectivity index (χ4n) is 3.70. The number of hydrazone groups is 1. The minimum Gasteiger partial charge on any atom is -0.358 e. The molecule has 5 nitrogen and oxygen atoms in total. The molecule has 5 heteroatoms. The molecule has 1 aromatic heterocycles. The summed E-state index contributed by atoms with van der Waals surface area (Å²) >= 11 is 0. The summed E-state index contributed by atoms with van der Waals surface area (Å²) in [6, 6.07) is 18.8. The molecule has 1 aliphatic heterocycles. The molecule has 0 atom stereocenters. The number of rotatable bonds is 2. The highest BCUT2D eigenvalue weighted by Crippen LogP contribution is 2.30. The molecule has 0 saturated heterocycles. The zero-order valence-corrected chi connectivity index (χ0v) is 14.6. The summed E-state index contributed by atoms with van der Waals surface area (Å²) in [5, 5.41) is 7.81. The summed E-state index contributed by atoms with van der Waals surface area (Å²) in [5.41, 5.74) is 3.77. The number of hydrogen-bond donors (Lipinski definition) is 1. The third-order valence-corrected chi connectivity index (χ3v) is 5.00. The third-order valence-electron chi connectivity index (χ3n) is 5.00. The van der Waals surface area contributed by atoms with Crippen molar-refractivity contribution in [3.63, 3.8) is 0 Å². The Bertz CT molecular complexity index is 1230. The summed E-state index contributed by atoms with van der Waals surface area (Å²) in [5.74, 6) is -0.809. The Labute approximate surface area is 154 Å². The topological polar surface area (TPSA) is 65.5 Å². The molecule has 2 heterocycles. The minimum atomic E-state index is -0.405. The highest BCUT2D eigenvalue weighted by atomic mass is 16.2.